The van der Waals surface area contributed by atoms with Gasteiger partial charge in [0.25, 0.3) is 0 Å². The molecule has 0 aliphatic rings. The van der Waals surface area contributed by atoms with E-state index in [0.717, 1.165) is 5.56 Å². The van der Waals surface area contributed by atoms with Gasteiger partial charge in [-0.3, -0.25) is 4.68 Å². The molecule has 0 amide bonds. The summed E-state index contributed by atoms with van der Waals surface area (Å²) in [4.78, 5) is 0. The molecular formula is C13H15F2N3O. The summed E-state index contributed by atoms with van der Waals surface area (Å²) in [6.07, 6.45) is 1.85. The first-order valence-electron chi connectivity index (χ1n) is 5.83. The zero-order valence-electron chi connectivity index (χ0n) is 10.7. The first kappa shape index (κ1) is 13.5. The molecule has 2 rings (SSSR count). The fraction of sp³-hybridized carbons (Fsp3) is 0.308. The number of hydrogen-bond donors (Lipinski definition) is 1. The van der Waals surface area contributed by atoms with Crippen LogP contribution in [0.15, 0.2) is 30.5 Å². The van der Waals surface area contributed by atoms with Gasteiger partial charge in [-0.15, -0.1) is 0 Å². The minimum atomic E-state index is -2.85. The Hall–Kier alpha value is -1.95. The third kappa shape index (κ3) is 3.08. The van der Waals surface area contributed by atoms with Crippen molar-refractivity contribution in [1.82, 2.24) is 15.1 Å². The summed E-state index contributed by atoms with van der Waals surface area (Å²) in [6, 6.07) is 6.66. The normalized spacial score (nSPS) is 11.0. The van der Waals surface area contributed by atoms with Crippen molar-refractivity contribution in [2.75, 3.05) is 7.05 Å². The molecule has 0 aliphatic carbocycles. The summed E-state index contributed by atoms with van der Waals surface area (Å²) < 4.78 is 31.0. The van der Waals surface area contributed by atoms with E-state index >= 15 is 0 Å². The second-order valence-corrected chi connectivity index (χ2v) is 4.08. The molecule has 1 aromatic heterocycles. The van der Waals surface area contributed by atoms with Gasteiger partial charge in [-0.25, -0.2) is 0 Å². The monoisotopic (exact) mass is 267 g/mol. The second-order valence-electron chi connectivity index (χ2n) is 4.08. The van der Waals surface area contributed by atoms with E-state index in [1.54, 1.807) is 29.9 Å². The molecule has 102 valence electrons. The van der Waals surface area contributed by atoms with Crippen LogP contribution in [0, 0.1) is 0 Å². The van der Waals surface area contributed by atoms with Crippen LogP contribution in [-0.2, 0) is 13.6 Å². The van der Waals surface area contributed by atoms with Gasteiger partial charge < -0.3 is 10.1 Å². The molecular weight excluding hydrogens is 252 g/mol. The van der Waals surface area contributed by atoms with Crippen LogP contribution in [0.1, 0.15) is 5.56 Å². The highest BCUT2D eigenvalue weighted by Gasteiger charge is 2.16. The average molecular weight is 267 g/mol. The van der Waals surface area contributed by atoms with Crippen molar-refractivity contribution < 1.29 is 13.5 Å². The van der Waals surface area contributed by atoms with E-state index < -0.39 is 6.61 Å². The molecule has 19 heavy (non-hydrogen) atoms. The molecule has 2 aromatic rings. The maximum Gasteiger partial charge on any atom is 0.387 e. The molecule has 0 saturated carbocycles. The van der Waals surface area contributed by atoms with Gasteiger partial charge in [0.1, 0.15) is 11.4 Å². The molecule has 0 unspecified atom stereocenters. The Bertz CT molecular complexity index is 555. The zero-order valence-corrected chi connectivity index (χ0v) is 10.7. The smallest absolute Gasteiger partial charge is 0.387 e. The number of benzene rings is 1. The highest BCUT2D eigenvalue weighted by atomic mass is 19.3. The van der Waals surface area contributed by atoms with Crippen molar-refractivity contribution in [1.29, 1.82) is 0 Å². The summed E-state index contributed by atoms with van der Waals surface area (Å²) >= 11 is 0. The van der Waals surface area contributed by atoms with E-state index in [4.69, 9.17) is 0 Å². The van der Waals surface area contributed by atoms with Crippen LogP contribution in [0.4, 0.5) is 8.78 Å². The van der Waals surface area contributed by atoms with Crippen molar-refractivity contribution in [2.24, 2.45) is 7.05 Å². The maximum atomic E-state index is 12.4. The molecule has 0 spiro atoms. The van der Waals surface area contributed by atoms with Crippen LogP contribution in [0.5, 0.6) is 5.75 Å². The van der Waals surface area contributed by atoms with Crippen molar-refractivity contribution in [3.8, 4) is 17.0 Å². The SMILES string of the molecule is CNCc1cn(C)nc1-c1ccccc1OC(F)F. The van der Waals surface area contributed by atoms with Crippen molar-refractivity contribution >= 4 is 0 Å². The number of nitrogens with zero attached hydrogens (tertiary/aromatic N) is 2. The van der Waals surface area contributed by atoms with Crippen LogP contribution in [-0.4, -0.2) is 23.4 Å². The number of halogens is 2. The lowest BCUT2D eigenvalue weighted by Crippen LogP contribution is -2.06. The number of rotatable bonds is 5. The Morgan fingerprint density at radius 2 is 2.11 bits per heavy atom. The van der Waals surface area contributed by atoms with Crippen LogP contribution in [0.25, 0.3) is 11.3 Å². The van der Waals surface area contributed by atoms with E-state index in [1.807, 2.05) is 13.2 Å². The van der Waals surface area contributed by atoms with Gasteiger partial charge in [0, 0.05) is 30.9 Å². The highest BCUT2D eigenvalue weighted by Crippen LogP contribution is 2.31. The number of para-hydroxylation sites is 1. The van der Waals surface area contributed by atoms with Gasteiger partial charge in [0.15, 0.2) is 0 Å². The molecule has 0 saturated heterocycles. The van der Waals surface area contributed by atoms with E-state index in [9.17, 15) is 8.78 Å². The molecule has 0 bridgehead atoms. The van der Waals surface area contributed by atoms with Gasteiger partial charge in [0.05, 0.1) is 0 Å². The Morgan fingerprint density at radius 3 is 2.79 bits per heavy atom. The van der Waals surface area contributed by atoms with E-state index in [2.05, 4.69) is 15.2 Å². The Morgan fingerprint density at radius 1 is 1.37 bits per heavy atom. The Balaban J connectivity index is 2.46. The predicted octanol–water partition coefficient (Wildman–Crippen LogP) is 2.41. The molecule has 0 fully saturated rings. The first-order valence-corrected chi connectivity index (χ1v) is 5.83. The number of nitrogens with one attached hydrogen (secondary N) is 1. The quantitative estimate of drug-likeness (QED) is 0.904. The minimum Gasteiger partial charge on any atom is -0.434 e. The average Bonchev–Trinajstić information content (AvgIpc) is 2.71. The van der Waals surface area contributed by atoms with Crippen LogP contribution in [0.2, 0.25) is 0 Å². The van der Waals surface area contributed by atoms with Crippen molar-refractivity contribution in [2.45, 2.75) is 13.2 Å². The van der Waals surface area contributed by atoms with Crippen LogP contribution < -0.4 is 10.1 Å². The largest absolute Gasteiger partial charge is 0.434 e. The van der Waals surface area contributed by atoms with Gasteiger partial charge >= 0.3 is 6.61 Å². The summed E-state index contributed by atoms with van der Waals surface area (Å²) in [5, 5.41) is 7.34. The van der Waals surface area contributed by atoms with E-state index in [-0.39, 0.29) is 5.75 Å². The topological polar surface area (TPSA) is 39.1 Å². The summed E-state index contributed by atoms with van der Waals surface area (Å²) in [5.41, 5.74) is 2.14. The van der Waals surface area contributed by atoms with Gasteiger partial charge in [0.2, 0.25) is 0 Å². The molecule has 1 heterocycles. The number of aryl methyl sites for hydroxylation is 1. The van der Waals surface area contributed by atoms with Gasteiger partial charge in [-0.1, -0.05) is 12.1 Å². The standard InChI is InChI=1S/C13H15F2N3O/c1-16-7-9-8-18(2)17-12(9)10-5-3-4-6-11(10)19-13(14)15/h3-6,8,13,16H,7H2,1-2H3. The molecule has 1 N–H and O–H groups in total. The molecule has 6 heteroatoms. The molecule has 4 nitrogen and oxygen atoms in total. The first-order chi connectivity index (χ1) is 9.11. The summed E-state index contributed by atoms with van der Waals surface area (Å²) in [7, 11) is 3.61. The van der Waals surface area contributed by atoms with Crippen molar-refractivity contribution in [3.63, 3.8) is 0 Å². The Kier molecular flexibility index (Phi) is 4.11. The predicted molar refractivity (Wildman–Crippen MR) is 68.0 cm³/mol. The highest BCUT2D eigenvalue weighted by molar-refractivity contribution is 5.69. The maximum absolute atomic E-state index is 12.4. The summed E-state index contributed by atoms with van der Waals surface area (Å²) in [6.45, 7) is -2.25. The Labute approximate surface area is 110 Å². The lowest BCUT2D eigenvalue weighted by atomic mass is 10.1. The van der Waals surface area contributed by atoms with Gasteiger partial charge in [-0.2, -0.15) is 13.9 Å². The fourth-order valence-corrected chi connectivity index (χ4v) is 1.95. The molecule has 0 aliphatic heterocycles. The third-order valence-corrected chi connectivity index (χ3v) is 2.63. The number of aromatic nitrogens is 2. The summed E-state index contributed by atoms with van der Waals surface area (Å²) in [5.74, 6) is 0.133. The molecule has 0 atom stereocenters. The lowest BCUT2D eigenvalue weighted by Gasteiger charge is -2.10. The van der Waals surface area contributed by atoms with Crippen LogP contribution >= 0.6 is 0 Å². The third-order valence-electron chi connectivity index (χ3n) is 2.63. The van der Waals surface area contributed by atoms with E-state index in [1.165, 1.54) is 6.07 Å². The van der Waals surface area contributed by atoms with Gasteiger partial charge in [-0.05, 0) is 19.2 Å². The van der Waals surface area contributed by atoms with Crippen molar-refractivity contribution in [3.05, 3.63) is 36.0 Å². The molecule has 0 radical (unpaired) electrons. The number of ether oxygens (including phenoxy) is 1. The lowest BCUT2D eigenvalue weighted by molar-refractivity contribution is -0.0494. The fourth-order valence-electron chi connectivity index (χ4n) is 1.95. The van der Waals surface area contributed by atoms with Crippen LogP contribution in [0.3, 0.4) is 0 Å². The van der Waals surface area contributed by atoms with E-state index in [0.29, 0.717) is 17.8 Å². The zero-order chi connectivity index (χ0) is 13.8. The molecule has 1 aromatic carbocycles. The number of alkyl halides is 2. The minimum absolute atomic E-state index is 0.133. The second kappa shape index (κ2) is 5.79. The number of hydrogen-bond acceptors (Lipinski definition) is 3.